The fraction of sp³-hybridized carbons (Fsp3) is 0.345. The van der Waals surface area contributed by atoms with Crippen molar-refractivity contribution in [3.8, 4) is 0 Å². The molecule has 2 heterocycles. The zero-order valence-electron chi connectivity index (χ0n) is 21.4. The van der Waals surface area contributed by atoms with E-state index in [1.54, 1.807) is 29.3 Å². The summed E-state index contributed by atoms with van der Waals surface area (Å²) in [7, 11) is 0. The molecule has 37 heavy (non-hydrogen) atoms. The highest BCUT2D eigenvalue weighted by Gasteiger charge is 2.30. The summed E-state index contributed by atoms with van der Waals surface area (Å²) < 4.78 is 15.3. The number of amides is 2. The lowest BCUT2D eigenvalue weighted by Crippen LogP contribution is -2.43. The molecule has 0 saturated carbocycles. The Balaban J connectivity index is 1.64. The van der Waals surface area contributed by atoms with Crippen molar-refractivity contribution < 1.29 is 14.0 Å². The number of pyridine rings is 1. The van der Waals surface area contributed by atoms with Gasteiger partial charge in [0.15, 0.2) is 0 Å². The largest absolute Gasteiger partial charge is 0.366 e. The molecule has 1 aliphatic rings. The third-order valence-corrected chi connectivity index (χ3v) is 6.97. The summed E-state index contributed by atoms with van der Waals surface area (Å²) in [4.78, 5) is 35.5. The Labute approximate surface area is 217 Å². The third-order valence-electron chi connectivity index (χ3n) is 6.97. The van der Waals surface area contributed by atoms with E-state index in [0.29, 0.717) is 24.3 Å². The molecule has 1 saturated heterocycles. The Morgan fingerprint density at radius 3 is 2.30 bits per heavy atom. The fourth-order valence-corrected chi connectivity index (χ4v) is 5.00. The molecule has 0 bridgehead atoms. The molecular weight excluding hydrogens is 469 g/mol. The van der Waals surface area contributed by atoms with Crippen LogP contribution in [0.15, 0.2) is 66.9 Å². The number of carbonyl (C=O) groups is 2. The number of para-hydroxylation sites is 1. The summed E-state index contributed by atoms with van der Waals surface area (Å²) in [5, 5.41) is 0. The van der Waals surface area contributed by atoms with Crippen molar-refractivity contribution in [1.82, 2.24) is 14.8 Å². The maximum absolute atomic E-state index is 15.3. The third kappa shape index (κ3) is 5.97. The molecule has 0 atom stereocenters. The summed E-state index contributed by atoms with van der Waals surface area (Å²) in [5.41, 5.74) is 8.28. The monoisotopic (exact) mass is 503 g/mol. The number of benzene rings is 2. The SMILES string of the molecule is CCN(CC)C(=O)c1ccc(N(c2c(F)cccc2C(N)=O)C2CCN(Cc3ccccn3)CC2)cc1. The van der Waals surface area contributed by atoms with Crippen LogP contribution in [0.25, 0.3) is 0 Å². The average molecular weight is 504 g/mol. The number of hydrogen-bond donors (Lipinski definition) is 1. The summed E-state index contributed by atoms with van der Waals surface area (Å²) in [6.07, 6.45) is 3.32. The number of halogens is 1. The molecule has 0 unspecified atom stereocenters. The lowest BCUT2D eigenvalue weighted by molar-refractivity contribution is 0.0772. The van der Waals surface area contributed by atoms with Gasteiger partial charge in [0.25, 0.3) is 11.8 Å². The lowest BCUT2D eigenvalue weighted by Gasteiger charge is -2.40. The molecule has 2 aromatic carbocycles. The van der Waals surface area contributed by atoms with Gasteiger partial charge in [-0.1, -0.05) is 12.1 Å². The van der Waals surface area contributed by atoms with Crippen LogP contribution in [0, 0.1) is 5.82 Å². The van der Waals surface area contributed by atoms with Crippen LogP contribution in [0.2, 0.25) is 0 Å². The van der Waals surface area contributed by atoms with Gasteiger partial charge in [-0.3, -0.25) is 19.5 Å². The standard InChI is InChI=1S/C29H34FN5O2/c1-3-34(4-2)29(37)21-11-13-23(14-12-21)35(27-25(28(31)36)9-7-10-26(27)30)24-15-18-33(19-16-24)20-22-8-5-6-17-32-22/h5-14,17,24H,3-4,15-16,18-20H2,1-2H3,(H2,31,36). The van der Waals surface area contributed by atoms with Gasteiger partial charge in [0, 0.05) is 56.2 Å². The maximum atomic E-state index is 15.3. The van der Waals surface area contributed by atoms with Gasteiger partial charge in [-0.25, -0.2) is 4.39 Å². The molecule has 7 nitrogen and oxygen atoms in total. The van der Waals surface area contributed by atoms with Gasteiger partial charge in [0.05, 0.1) is 16.9 Å². The Morgan fingerprint density at radius 2 is 1.70 bits per heavy atom. The van der Waals surface area contributed by atoms with E-state index in [4.69, 9.17) is 5.73 Å². The Kier molecular flexibility index (Phi) is 8.50. The molecule has 0 radical (unpaired) electrons. The number of primary amides is 1. The Bertz CT molecular complexity index is 1210. The first kappa shape index (κ1) is 26.3. The molecule has 8 heteroatoms. The lowest BCUT2D eigenvalue weighted by atomic mass is 9.98. The molecule has 1 fully saturated rings. The predicted molar refractivity (Wildman–Crippen MR) is 143 cm³/mol. The van der Waals surface area contributed by atoms with Crippen molar-refractivity contribution in [2.24, 2.45) is 5.73 Å². The van der Waals surface area contributed by atoms with Gasteiger partial charge in [0.1, 0.15) is 5.82 Å². The van der Waals surface area contributed by atoms with E-state index in [9.17, 15) is 9.59 Å². The molecule has 2 N–H and O–H groups in total. The van der Waals surface area contributed by atoms with E-state index in [-0.39, 0.29) is 23.2 Å². The molecule has 1 aliphatic heterocycles. The molecule has 4 rings (SSSR count). The molecule has 3 aromatic rings. The molecule has 194 valence electrons. The highest BCUT2D eigenvalue weighted by Crippen LogP contribution is 2.36. The normalized spacial score (nSPS) is 14.4. The summed E-state index contributed by atoms with van der Waals surface area (Å²) in [6.45, 7) is 7.49. The highest BCUT2D eigenvalue weighted by molar-refractivity contribution is 6.00. The minimum absolute atomic E-state index is 0.0466. The van der Waals surface area contributed by atoms with E-state index in [1.165, 1.54) is 12.1 Å². The van der Waals surface area contributed by atoms with Crippen LogP contribution < -0.4 is 10.6 Å². The number of piperidine rings is 1. The van der Waals surface area contributed by atoms with Gasteiger partial charge in [-0.2, -0.15) is 0 Å². The molecule has 0 spiro atoms. The van der Waals surface area contributed by atoms with Crippen LogP contribution in [-0.2, 0) is 6.54 Å². The quantitative estimate of drug-likeness (QED) is 0.461. The van der Waals surface area contributed by atoms with Gasteiger partial charge in [-0.05, 0) is 75.2 Å². The first-order valence-corrected chi connectivity index (χ1v) is 12.8. The second-order valence-electron chi connectivity index (χ2n) is 9.22. The van der Waals surface area contributed by atoms with Crippen molar-refractivity contribution in [3.05, 3.63) is 89.5 Å². The van der Waals surface area contributed by atoms with Crippen molar-refractivity contribution in [3.63, 3.8) is 0 Å². The number of hydrogen-bond acceptors (Lipinski definition) is 5. The van der Waals surface area contributed by atoms with Crippen LogP contribution in [0.5, 0.6) is 0 Å². The fourth-order valence-electron chi connectivity index (χ4n) is 5.00. The minimum Gasteiger partial charge on any atom is -0.366 e. The van der Waals surface area contributed by atoms with Crippen LogP contribution in [0.4, 0.5) is 15.8 Å². The van der Waals surface area contributed by atoms with Crippen molar-refractivity contribution in [2.75, 3.05) is 31.1 Å². The van der Waals surface area contributed by atoms with Gasteiger partial charge in [-0.15, -0.1) is 0 Å². The molecule has 2 amide bonds. The van der Waals surface area contributed by atoms with E-state index in [0.717, 1.165) is 38.2 Å². The summed E-state index contributed by atoms with van der Waals surface area (Å²) >= 11 is 0. The van der Waals surface area contributed by atoms with E-state index < -0.39 is 11.7 Å². The molecular formula is C29H34FN5O2. The number of nitrogens with two attached hydrogens (primary N) is 1. The van der Waals surface area contributed by atoms with E-state index >= 15 is 4.39 Å². The molecule has 0 aliphatic carbocycles. The maximum Gasteiger partial charge on any atom is 0.253 e. The summed E-state index contributed by atoms with van der Waals surface area (Å²) in [5.74, 6) is -1.23. The number of likely N-dealkylation sites (tertiary alicyclic amines) is 1. The number of carbonyl (C=O) groups excluding carboxylic acids is 2. The second-order valence-corrected chi connectivity index (χ2v) is 9.22. The van der Waals surface area contributed by atoms with E-state index in [2.05, 4.69) is 9.88 Å². The van der Waals surface area contributed by atoms with Crippen molar-refractivity contribution in [1.29, 1.82) is 0 Å². The second kappa shape index (κ2) is 12.0. The van der Waals surface area contributed by atoms with Crippen LogP contribution in [0.1, 0.15) is 53.1 Å². The van der Waals surface area contributed by atoms with Crippen LogP contribution in [0.3, 0.4) is 0 Å². The zero-order chi connectivity index (χ0) is 26.4. The predicted octanol–water partition coefficient (Wildman–Crippen LogP) is 4.60. The average Bonchev–Trinajstić information content (AvgIpc) is 2.92. The van der Waals surface area contributed by atoms with Gasteiger partial charge < -0.3 is 15.5 Å². The van der Waals surface area contributed by atoms with Crippen LogP contribution in [-0.4, -0.2) is 58.8 Å². The van der Waals surface area contributed by atoms with Gasteiger partial charge >= 0.3 is 0 Å². The smallest absolute Gasteiger partial charge is 0.253 e. The number of rotatable bonds is 9. The Morgan fingerprint density at radius 1 is 1.00 bits per heavy atom. The first-order valence-electron chi connectivity index (χ1n) is 12.8. The van der Waals surface area contributed by atoms with Crippen molar-refractivity contribution in [2.45, 2.75) is 39.3 Å². The summed E-state index contributed by atoms with van der Waals surface area (Å²) in [6, 6.07) is 17.4. The van der Waals surface area contributed by atoms with E-state index in [1.807, 2.05) is 49.1 Å². The first-order chi connectivity index (χ1) is 17.9. The zero-order valence-corrected chi connectivity index (χ0v) is 21.4. The highest BCUT2D eigenvalue weighted by atomic mass is 19.1. The number of nitrogens with zero attached hydrogens (tertiary/aromatic N) is 4. The molecule has 1 aromatic heterocycles. The Hall–Kier alpha value is -3.78. The van der Waals surface area contributed by atoms with Crippen molar-refractivity contribution >= 4 is 23.2 Å². The van der Waals surface area contributed by atoms with Crippen LogP contribution >= 0.6 is 0 Å². The minimum atomic E-state index is -0.680. The topological polar surface area (TPSA) is 82.8 Å². The number of aromatic nitrogens is 1. The number of anilines is 2. The van der Waals surface area contributed by atoms with Gasteiger partial charge in [0.2, 0.25) is 0 Å².